The normalized spacial score (nSPS) is 15.3. The van der Waals surface area contributed by atoms with Crippen LogP contribution in [0.1, 0.15) is 52.4 Å². The molecule has 1 heteroatoms. The van der Waals surface area contributed by atoms with Crippen molar-refractivity contribution in [3.8, 4) is 0 Å². The Hall–Kier alpha value is 0.662. The van der Waals surface area contributed by atoms with Gasteiger partial charge in [-0.2, -0.15) is 0 Å². The van der Waals surface area contributed by atoms with E-state index in [0.29, 0.717) is 0 Å². The average molecular weight is 221 g/mol. The first-order chi connectivity index (χ1) is 3.91. The maximum absolute atomic E-state index is 2.12. The predicted molar refractivity (Wildman–Crippen MR) is 39.0 cm³/mol. The van der Waals surface area contributed by atoms with Crippen LogP contribution in [0.15, 0.2) is 0 Å². The third-order valence-electron chi connectivity index (χ3n) is 1.25. The summed E-state index contributed by atoms with van der Waals surface area (Å²) >= 11 is 0. The van der Waals surface area contributed by atoms with Crippen molar-refractivity contribution >= 4 is 0 Å². The minimum atomic E-state index is 0. The summed E-state index contributed by atoms with van der Waals surface area (Å²) in [7, 11) is 0. The van der Waals surface area contributed by atoms with Crippen molar-refractivity contribution in [3.63, 3.8) is 0 Å². The molecule has 0 aromatic carbocycles. The third-order valence-corrected chi connectivity index (χ3v) is 1.25. The van der Waals surface area contributed by atoms with Crippen molar-refractivity contribution < 1.29 is 20.4 Å². The topological polar surface area (TPSA) is 0 Å². The van der Waals surface area contributed by atoms with Gasteiger partial charge in [0.2, 0.25) is 0 Å². The van der Waals surface area contributed by atoms with Crippen LogP contribution < -0.4 is 0 Å². The molecule has 9 heavy (non-hydrogen) atoms. The summed E-state index contributed by atoms with van der Waals surface area (Å²) in [5.41, 5.74) is 0. The maximum Gasteiger partial charge on any atom is 0 e. The molecule has 0 aromatic rings. The van der Waals surface area contributed by atoms with Gasteiger partial charge in [0.15, 0.2) is 0 Å². The smallest absolute Gasteiger partial charge is 0 e. The maximum atomic E-state index is 2.12. The molecule has 0 amide bonds. The van der Waals surface area contributed by atoms with Crippen LogP contribution in [0, 0.1) is 0 Å². The summed E-state index contributed by atoms with van der Waals surface area (Å²) in [6.07, 6.45) is 8.75. The van der Waals surface area contributed by atoms with E-state index in [1.807, 2.05) is 0 Å². The molecule has 0 aromatic heterocycles. The minimum Gasteiger partial charge on any atom is -0.0656 e. The van der Waals surface area contributed by atoms with E-state index in [0.717, 1.165) is 0 Å². The van der Waals surface area contributed by atoms with Gasteiger partial charge in [-0.1, -0.05) is 52.4 Å². The second-order valence-corrected chi connectivity index (χ2v) is 2.47. The van der Waals surface area contributed by atoms with Gasteiger partial charge in [-0.15, -0.1) is 0 Å². The Morgan fingerprint density at radius 1 is 0.778 bits per heavy atom. The van der Waals surface area contributed by atoms with E-state index in [-0.39, 0.29) is 20.4 Å². The van der Waals surface area contributed by atoms with E-state index < -0.39 is 0 Å². The van der Waals surface area contributed by atoms with Gasteiger partial charge in [-0.25, -0.2) is 0 Å². The molecular weight excluding hydrogens is 203 g/mol. The van der Waals surface area contributed by atoms with E-state index in [4.69, 9.17) is 0 Å². The fraction of sp³-hybridized carbons (Fsp3) is 1.00. The van der Waals surface area contributed by atoms with E-state index >= 15 is 0 Å². The van der Waals surface area contributed by atoms with Gasteiger partial charge in [0.1, 0.15) is 0 Å². The first-order valence-corrected chi connectivity index (χ1v) is 3.91. The second-order valence-electron chi connectivity index (χ2n) is 2.47. The van der Waals surface area contributed by atoms with Crippen LogP contribution in [0.4, 0.5) is 0 Å². The largest absolute Gasteiger partial charge is 0.0656 e. The molecule has 60 valence electrons. The fourth-order valence-corrected chi connectivity index (χ4v) is 0.884. The summed E-state index contributed by atoms with van der Waals surface area (Å²) in [4.78, 5) is 0. The first kappa shape index (κ1) is 12.3. The van der Waals surface area contributed by atoms with Crippen molar-refractivity contribution in [2.24, 2.45) is 0 Å². The molecule has 0 spiro atoms. The Labute approximate surface area is 73.1 Å². The average Bonchev–Trinajstić information content (AvgIpc) is 2.17. The molecule has 0 saturated heterocycles. The summed E-state index contributed by atoms with van der Waals surface area (Å²) in [5.74, 6) is 0. The zero-order chi connectivity index (χ0) is 6.24. The molecule has 1 fully saturated rings. The molecule has 0 bridgehead atoms. The van der Waals surface area contributed by atoms with Gasteiger partial charge in [0.25, 0.3) is 0 Å². The van der Waals surface area contributed by atoms with Gasteiger partial charge >= 0.3 is 0 Å². The molecule has 0 radical (unpaired) electrons. The van der Waals surface area contributed by atoms with Crippen LogP contribution in [-0.4, -0.2) is 0 Å². The molecule has 1 aliphatic rings. The van der Waals surface area contributed by atoms with Crippen molar-refractivity contribution in [2.45, 2.75) is 52.4 Å². The quantitative estimate of drug-likeness (QED) is 0.549. The minimum absolute atomic E-state index is 0. The zero-order valence-corrected chi connectivity index (χ0v) is 8.11. The summed E-state index contributed by atoms with van der Waals surface area (Å²) < 4.78 is 0. The molecule has 1 saturated carbocycles. The molecule has 0 N–H and O–H groups in total. The van der Waals surface area contributed by atoms with Gasteiger partial charge in [0, 0.05) is 20.4 Å². The third kappa shape index (κ3) is 12.0. The molecule has 0 atom stereocenters. The van der Waals surface area contributed by atoms with Crippen LogP contribution in [0.25, 0.3) is 0 Å². The van der Waals surface area contributed by atoms with Crippen LogP contribution in [-0.2, 0) is 20.4 Å². The molecule has 1 rings (SSSR count). The summed E-state index contributed by atoms with van der Waals surface area (Å²) in [5, 5.41) is 0. The van der Waals surface area contributed by atoms with E-state index in [1.54, 1.807) is 0 Å². The molecule has 1 aliphatic carbocycles. The van der Waals surface area contributed by atoms with Crippen LogP contribution >= 0.6 is 0 Å². The molecule has 0 heterocycles. The first-order valence-electron chi connectivity index (χ1n) is 3.91. The van der Waals surface area contributed by atoms with Crippen molar-refractivity contribution in [1.29, 1.82) is 0 Å². The van der Waals surface area contributed by atoms with E-state index in [9.17, 15) is 0 Å². The summed E-state index contributed by atoms with van der Waals surface area (Å²) in [6, 6.07) is 0. The van der Waals surface area contributed by atoms with Crippen LogP contribution in [0.2, 0.25) is 0 Å². The summed E-state index contributed by atoms with van der Waals surface area (Å²) in [6.45, 7) is 4.25. The molecular formula is C8H18Pd. The fourth-order valence-electron chi connectivity index (χ4n) is 0.884. The second kappa shape index (κ2) is 11.5. The van der Waals surface area contributed by atoms with Gasteiger partial charge in [0.05, 0.1) is 0 Å². The zero-order valence-electron chi connectivity index (χ0n) is 6.56. The number of hydrogen-bond donors (Lipinski definition) is 0. The number of hydrogen-bond acceptors (Lipinski definition) is 0. The van der Waals surface area contributed by atoms with Gasteiger partial charge in [-0.05, 0) is 0 Å². The van der Waals surface area contributed by atoms with Crippen LogP contribution in [0.3, 0.4) is 0 Å². The van der Waals surface area contributed by atoms with Crippen LogP contribution in [0.5, 0.6) is 0 Å². The van der Waals surface area contributed by atoms with E-state index in [2.05, 4.69) is 13.8 Å². The van der Waals surface area contributed by atoms with Gasteiger partial charge < -0.3 is 0 Å². The Morgan fingerprint density at radius 2 is 0.889 bits per heavy atom. The van der Waals surface area contributed by atoms with Crippen molar-refractivity contribution in [2.75, 3.05) is 0 Å². The van der Waals surface area contributed by atoms with Crippen molar-refractivity contribution in [3.05, 3.63) is 0 Å². The Morgan fingerprint density at radius 3 is 1.00 bits per heavy atom. The Kier molecular flexibility index (Phi) is 15.7. The predicted octanol–water partition coefficient (Wildman–Crippen LogP) is 3.36. The standard InChI is InChI=1S/C5H10.C3H8.Pd/c1-2-4-5-3-1;1-3-2;/h1-5H2;3H2,1-2H3;. The van der Waals surface area contributed by atoms with E-state index in [1.165, 1.54) is 38.5 Å². The Bertz CT molecular complexity index is 23.9. The molecule has 0 nitrogen and oxygen atoms in total. The SMILES string of the molecule is C1CCCC1.CCC.[Pd]. The monoisotopic (exact) mass is 220 g/mol. The van der Waals surface area contributed by atoms with Crippen molar-refractivity contribution in [1.82, 2.24) is 0 Å². The molecule has 0 unspecified atom stereocenters. The van der Waals surface area contributed by atoms with Gasteiger partial charge in [-0.3, -0.25) is 0 Å². The Balaban J connectivity index is 0. The molecule has 0 aliphatic heterocycles. The number of rotatable bonds is 0.